The first kappa shape index (κ1) is 37.3. The zero-order valence-corrected chi connectivity index (χ0v) is 32.2. The van der Waals surface area contributed by atoms with Gasteiger partial charge in [0.25, 0.3) is 0 Å². The lowest BCUT2D eigenvalue weighted by Gasteiger charge is -2.32. The molecule has 0 aromatic carbocycles. The summed E-state index contributed by atoms with van der Waals surface area (Å²) in [7, 11) is -0.352. The van der Waals surface area contributed by atoms with Crippen LogP contribution in [0, 0.1) is 0 Å². The predicted octanol–water partition coefficient (Wildman–Crippen LogP) is 7.96. The van der Waals surface area contributed by atoms with Crippen molar-refractivity contribution in [1.29, 1.82) is 0 Å². The van der Waals surface area contributed by atoms with E-state index in [0.717, 1.165) is 37.7 Å². The number of nitrogens with zero attached hydrogens (tertiary/aromatic N) is 10. The van der Waals surface area contributed by atoms with Crippen LogP contribution in [-0.4, -0.2) is 67.1 Å². The van der Waals surface area contributed by atoms with Crippen molar-refractivity contribution in [3.05, 3.63) is 136 Å². The van der Waals surface area contributed by atoms with E-state index in [4.69, 9.17) is 44.1 Å². The minimum absolute atomic E-state index is 0.317. The Morgan fingerprint density at radius 1 is 0.577 bits per heavy atom. The van der Waals surface area contributed by atoms with E-state index in [0.29, 0.717) is 15.5 Å². The molecule has 0 amide bonds. The van der Waals surface area contributed by atoms with Gasteiger partial charge in [0.2, 0.25) is 0 Å². The van der Waals surface area contributed by atoms with Gasteiger partial charge in [-0.2, -0.15) is 15.3 Å². The maximum Gasteiger partial charge on any atom is 0.498 e. The zero-order valence-electron chi connectivity index (χ0n) is 28.3. The molecule has 0 N–H and O–H groups in total. The highest BCUT2D eigenvalue weighted by Gasteiger charge is 2.52. The molecule has 0 unspecified atom stereocenters. The van der Waals surface area contributed by atoms with Gasteiger partial charge in [0.05, 0.1) is 75.1 Å². The molecule has 0 spiro atoms. The highest BCUT2D eigenvalue weighted by molar-refractivity contribution is 9.10. The van der Waals surface area contributed by atoms with Crippen molar-refractivity contribution in [2.24, 2.45) is 0 Å². The molecule has 1 fully saturated rings. The lowest BCUT2D eigenvalue weighted by atomic mass is 9.80. The van der Waals surface area contributed by atoms with E-state index in [-0.39, 0.29) is 18.3 Å². The van der Waals surface area contributed by atoms with Crippen LogP contribution in [0.1, 0.15) is 27.7 Å². The Morgan fingerprint density at radius 3 is 1.62 bits per heavy atom. The largest absolute Gasteiger partial charge is 0.498 e. The van der Waals surface area contributed by atoms with Gasteiger partial charge in [0.1, 0.15) is 15.5 Å². The Labute approximate surface area is 323 Å². The Kier molecular flexibility index (Phi) is 11.5. The standard InChI is InChI=1S/C13H17BN2O2.C11H7ClN4.C7H5BrN2.C4H2Cl2N2/c1-12(2)13(3,4)18-14(17-12)10-9-15-16-8-6-5-7-11(10)16;12-11-7-13-6-9(15-11)8-5-14-16-4-2-1-3-10(8)16;8-6-5-9-10-4-2-1-3-7(6)10;5-3-1-7-2-4(6)8-3/h5-9H,1-4H3;1-7H;1-5H;1-2H. The van der Waals surface area contributed by atoms with Gasteiger partial charge in [0.15, 0.2) is 0 Å². The molecule has 0 aliphatic carbocycles. The average molecular weight is 821 g/mol. The second-order valence-electron chi connectivity index (χ2n) is 12.2. The Bertz CT molecular complexity index is 2400. The van der Waals surface area contributed by atoms with Gasteiger partial charge in [-0.15, -0.1) is 0 Å². The molecule has 264 valence electrons. The van der Waals surface area contributed by atoms with Crippen molar-refractivity contribution in [3.8, 4) is 11.3 Å². The second kappa shape index (κ2) is 16.1. The van der Waals surface area contributed by atoms with Crippen molar-refractivity contribution in [3.63, 3.8) is 0 Å². The molecule has 0 bridgehead atoms. The van der Waals surface area contributed by atoms with Crippen LogP contribution in [0.25, 0.3) is 27.8 Å². The van der Waals surface area contributed by atoms with Crippen molar-refractivity contribution in [2.45, 2.75) is 38.9 Å². The third-order valence-corrected chi connectivity index (χ3v) is 9.38. The molecule has 1 saturated heterocycles. The second-order valence-corrected chi connectivity index (χ2v) is 14.2. The zero-order chi connectivity index (χ0) is 36.9. The van der Waals surface area contributed by atoms with Gasteiger partial charge in [0, 0.05) is 35.8 Å². The molecule has 52 heavy (non-hydrogen) atoms. The van der Waals surface area contributed by atoms with E-state index in [2.05, 4.69) is 78.9 Å². The number of pyridine rings is 3. The van der Waals surface area contributed by atoms with Crippen LogP contribution >= 0.6 is 50.7 Å². The topological polar surface area (TPSA) is 122 Å². The van der Waals surface area contributed by atoms with Crippen LogP contribution < -0.4 is 5.46 Å². The first-order valence-corrected chi connectivity index (χ1v) is 17.7. The molecular weight excluding hydrogens is 790 g/mol. The molecular formula is C35H31BBrCl3N10O2. The Morgan fingerprint density at radius 2 is 1.06 bits per heavy atom. The minimum Gasteiger partial charge on any atom is -0.399 e. The smallest absolute Gasteiger partial charge is 0.399 e. The maximum absolute atomic E-state index is 6.04. The monoisotopic (exact) mass is 818 g/mol. The molecule has 12 nitrogen and oxygen atoms in total. The summed E-state index contributed by atoms with van der Waals surface area (Å²) in [5, 5.41) is 13.7. The molecule has 8 aromatic rings. The fraction of sp³-hybridized carbons (Fsp3) is 0.171. The number of hydrogen-bond donors (Lipinski definition) is 0. The summed E-state index contributed by atoms with van der Waals surface area (Å²) in [4.78, 5) is 15.5. The van der Waals surface area contributed by atoms with E-state index in [1.165, 1.54) is 18.6 Å². The number of hydrogen-bond acceptors (Lipinski definition) is 9. The van der Waals surface area contributed by atoms with E-state index in [1.54, 1.807) is 23.1 Å². The summed E-state index contributed by atoms with van der Waals surface area (Å²) in [6.07, 6.45) is 17.1. The van der Waals surface area contributed by atoms with Gasteiger partial charge < -0.3 is 9.31 Å². The molecule has 0 atom stereocenters. The lowest BCUT2D eigenvalue weighted by Crippen LogP contribution is -2.41. The highest BCUT2D eigenvalue weighted by atomic mass is 79.9. The Balaban J connectivity index is 0.000000125. The number of fused-ring (bicyclic) bond motifs is 3. The van der Waals surface area contributed by atoms with Gasteiger partial charge in [-0.1, -0.05) is 53.0 Å². The molecule has 9 heterocycles. The number of aromatic nitrogens is 10. The molecule has 1 aliphatic heterocycles. The minimum atomic E-state index is -0.352. The predicted molar refractivity (Wildman–Crippen MR) is 207 cm³/mol. The van der Waals surface area contributed by atoms with Gasteiger partial charge in [-0.3, -0.25) is 9.97 Å². The van der Waals surface area contributed by atoms with Crippen molar-refractivity contribution >= 4 is 79.9 Å². The third kappa shape index (κ3) is 8.60. The quantitative estimate of drug-likeness (QED) is 0.160. The summed E-state index contributed by atoms with van der Waals surface area (Å²) < 4.78 is 18.6. The summed E-state index contributed by atoms with van der Waals surface area (Å²) in [6, 6.07) is 17.8. The molecule has 1 aliphatic rings. The summed E-state index contributed by atoms with van der Waals surface area (Å²) in [5.41, 5.74) is 5.11. The van der Waals surface area contributed by atoms with Gasteiger partial charge >= 0.3 is 7.12 Å². The van der Waals surface area contributed by atoms with Crippen LogP contribution in [-0.2, 0) is 9.31 Å². The van der Waals surface area contributed by atoms with Crippen LogP contribution in [0.3, 0.4) is 0 Å². The summed E-state index contributed by atoms with van der Waals surface area (Å²) in [5.74, 6) is 0. The van der Waals surface area contributed by atoms with Crippen molar-refractivity contribution < 1.29 is 9.31 Å². The molecule has 0 saturated carbocycles. The maximum atomic E-state index is 6.04. The summed E-state index contributed by atoms with van der Waals surface area (Å²) in [6.45, 7) is 8.22. The first-order valence-electron chi connectivity index (χ1n) is 15.8. The lowest BCUT2D eigenvalue weighted by molar-refractivity contribution is 0.00578. The third-order valence-electron chi connectivity index (χ3n) is 8.23. The molecule has 8 aromatic heterocycles. The molecule has 17 heteroatoms. The summed E-state index contributed by atoms with van der Waals surface area (Å²) >= 11 is 20.0. The van der Waals surface area contributed by atoms with Crippen molar-refractivity contribution in [1.82, 2.24) is 48.8 Å². The number of halogens is 4. The molecule has 9 rings (SSSR count). The van der Waals surface area contributed by atoms with Crippen LogP contribution in [0.15, 0.2) is 121 Å². The number of rotatable bonds is 2. The van der Waals surface area contributed by atoms with E-state index < -0.39 is 0 Å². The fourth-order valence-corrected chi connectivity index (χ4v) is 5.82. The molecule has 0 radical (unpaired) electrons. The van der Waals surface area contributed by atoms with Crippen LogP contribution in [0.2, 0.25) is 15.5 Å². The average Bonchev–Trinajstić information content (AvgIpc) is 3.89. The van der Waals surface area contributed by atoms with E-state index in [1.807, 2.05) is 88.4 Å². The normalized spacial score (nSPS) is 14.3. The highest BCUT2D eigenvalue weighted by Crippen LogP contribution is 2.36. The SMILES string of the molecule is Brc1cnn2ccccc12.CC1(C)OB(c2cnn3ccccc23)OC1(C)C.Clc1cncc(-c2cnn3ccccc23)n1.Clc1cncc(Cl)n1. The van der Waals surface area contributed by atoms with Crippen LogP contribution in [0.4, 0.5) is 0 Å². The van der Waals surface area contributed by atoms with E-state index >= 15 is 0 Å². The van der Waals surface area contributed by atoms with Crippen molar-refractivity contribution in [2.75, 3.05) is 0 Å². The van der Waals surface area contributed by atoms with Gasteiger partial charge in [-0.25, -0.2) is 23.5 Å². The van der Waals surface area contributed by atoms with Crippen LogP contribution in [0.5, 0.6) is 0 Å². The Hall–Kier alpha value is -4.44. The first-order chi connectivity index (χ1) is 24.9. The fourth-order valence-electron chi connectivity index (χ4n) is 4.93. The van der Waals surface area contributed by atoms with Gasteiger partial charge in [-0.05, 0) is 80.0 Å². The van der Waals surface area contributed by atoms with E-state index in [9.17, 15) is 0 Å².